The third-order valence-corrected chi connectivity index (χ3v) is 5.94. The van der Waals surface area contributed by atoms with E-state index in [2.05, 4.69) is 38.8 Å². The van der Waals surface area contributed by atoms with E-state index in [0.717, 1.165) is 12.1 Å². The molecule has 0 amide bonds. The zero-order chi connectivity index (χ0) is 17.7. The monoisotopic (exact) mass is 361 g/mol. The largest absolute Gasteiger partial charge is 0.353 e. The minimum atomic E-state index is -2.90. The summed E-state index contributed by atoms with van der Waals surface area (Å²) in [6, 6.07) is 8.24. The molecule has 7 nitrogen and oxygen atoms in total. The van der Waals surface area contributed by atoms with E-state index in [1.54, 1.807) is 19.6 Å². The minimum Gasteiger partial charge on any atom is -0.353 e. The van der Waals surface area contributed by atoms with Gasteiger partial charge in [0.2, 0.25) is 0 Å². The van der Waals surface area contributed by atoms with Crippen LogP contribution in [0.5, 0.6) is 0 Å². The molecule has 1 aromatic carbocycles. The van der Waals surface area contributed by atoms with Crippen LogP contribution in [0.3, 0.4) is 0 Å². The number of nitrogens with zero attached hydrogens (tertiary/aromatic N) is 3. The van der Waals surface area contributed by atoms with Crippen LogP contribution in [-0.4, -0.2) is 48.5 Å². The first-order valence-corrected chi connectivity index (χ1v) is 10.1. The number of aromatic nitrogens is 2. The Bertz CT molecular complexity index is 830. The van der Waals surface area contributed by atoms with Crippen LogP contribution < -0.4 is 10.6 Å². The van der Waals surface area contributed by atoms with Crippen molar-refractivity contribution < 1.29 is 8.42 Å². The summed E-state index contributed by atoms with van der Waals surface area (Å²) in [6.07, 6.45) is 6.13. The molecule has 2 heterocycles. The highest BCUT2D eigenvalue weighted by Crippen LogP contribution is 2.11. The Balaban J connectivity index is 1.55. The van der Waals surface area contributed by atoms with Crippen molar-refractivity contribution in [2.75, 3.05) is 18.6 Å². The van der Waals surface area contributed by atoms with E-state index in [0.29, 0.717) is 18.9 Å². The van der Waals surface area contributed by atoms with Gasteiger partial charge in [0.25, 0.3) is 0 Å². The van der Waals surface area contributed by atoms with Crippen molar-refractivity contribution in [3.63, 3.8) is 0 Å². The molecule has 1 aromatic heterocycles. The van der Waals surface area contributed by atoms with E-state index in [9.17, 15) is 8.42 Å². The van der Waals surface area contributed by atoms with Crippen LogP contribution in [0.25, 0.3) is 0 Å². The Morgan fingerprint density at radius 2 is 2.24 bits per heavy atom. The van der Waals surface area contributed by atoms with Crippen molar-refractivity contribution >= 4 is 15.8 Å². The number of rotatable bonds is 5. The van der Waals surface area contributed by atoms with Crippen molar-refractivity contribution in [1.29, 1.82) is 0 Å². The average Bonchev–Trinajstić information content (AvgIpc) is 3.21. The molecule has 0 radical (unpaired) electrons. The molecule has 1 aliphatic rings. The van der Waals surface area contributed by atoms with Crippen LogP contribution in [0.2, 0.25) is 0 Å². The molecule has 0 bridgehead atoms. The van der Waals surface area contributed by atoms with Crippen molar-refractivity contribution in [2.45, 2.75) is 25.6 Å². The number of nitrogens with one attached hydrogen (secondary N) is 2. The number of hydrogen-bond donors (Lipinski definition) is 2. The highest BCUT2D eigenvalue weighted by atomic mass is 32.2. The molecule has 2 N–H and O–H groups in total. The van der Waals surface area contributed by atoms with E-state index in [-0.39, 0.29) is 17.5 Å². The predicted molar refractivity (Wildman–Crippen MR) is 98.2 cm³/mol. The lowest BCUT2D eigenvalue weighted by molar-refractivity contribution is 0.599. The topological polar surface area (TPSA) is 88.4 Å². The van der Waals surface area contributed by atoms with Crippen LogP contribution in [0.1, 0.15) is 17.5 Å². The summed E-state index contributed by atoms with van der Waals surface area (Å²) in [4.78, 5) is 8.24. The molecular formula is C17H23N5O2S. The molecule has 0 spiro atoms. The molecule has 1 saturated heterocycles. The lowest BCUT2D eigenvalue weighted by Gasteiger charge is -2.16. The molecular weight excluding hydrogens is 338 g/mol. The maximum Gasteiger partial charge on any atom is 0.191 e. The van der Waals surface area contributed by atoms with Crippen molar-refractivity contribution in [3.8, 4) is 0 Å². The first-order chi connectivity index (χ1) is 12.0. The molecule has 8 heteroatoms. The molecule has 0 saturated carbocycles. The van der Waals surface area contributed by atoms with E-state index in [1.807, 2.05) is 16.8 Å². The molecule has 2 aromatic rings. The molecule has 1 fully saturated rings. The van der Waals surface area contributed by atoms with Crippen LogP contribution in [0.4, 0.5) is 0 Å². The van der Waals surface area contributed by atoms with Crippen molar-refractivity contribution in [3.05, 3.63) is 54.1 Å². The quantitative estimate of drug-likeness (QED) is 0.607. The van der Waals surface area contributed by atoms with Crippen LogP contribution in [0, 0.1) is 0 Å². The van der Waals surface area contributed by atoms with Gasteiger partial charge in [0.15, 0.2) is 15.8 Å². The Morgan fingerprint density at radius 1 is 1.40 bits per heavy atom. The third-order valence-electron chi connectivity index (χ3n) is 4.17. The van der Waals surface area contributed by atoms with Gasteiger partial charge >= 0.3 is 0 Å². The summed E-state index contributed by atoms with van der Waals surface area (Å²) in [5.41, 5.74) is 2.33. The van der Waals surface area contributed by atoms with Gasteiger partial charge in [-0.25, -0.2) is 13.4 Å². The normalized spacial score (nSPS) is 19.7. The Hall–Kier alpha value is -2.35. The van der Waals surface area contributed by atoms with E-state index in [4.69, 9.17) is 0 Å². The zero-order valence-corrected chi connectivity index (χ0v) is 15.0. The Kier molecular flexibility index (Phi) is 5.37. The first-order valence-electron chi connectivity index (χ1n) is 8.25. The fourth-order valence-electron chi connectivity index (χ4n) is 2.91. The van der Waals surface area contributed by atoms with Gasteiger partial charge in [-0.05, 0) is 17.5 Å². The number of aliphatic imine (C=N–C) groups is 1. The zero-order valence-electron chi connectivity index (χ0n) is 14.2. The Morgan fingerprint density at radius 3 is 2.92 bits per heavy atom. The summed E-state index contributed by atoms with van der Waals surface area (Å²) < 4.78 is 25.1. The van der Waals surface area contributed by atoms with Gasteiger partial charge in [-0.1, -0.05) is 24.3 Å². The highest BCUT2D eigenvalue weighted by molar-refractivity contribution is 7.91. The molecule has 134 valence electrons. The Labute approximate surface area is 148 Å². The number of guanidine groups is 1. The number of benzene rings is 1. The molecule has 1 aliphatic heterocycles. The van der Waals surface area contributed by atoms with Crippen LogP contribution in [0.15, 0.2) is 48.0 Å². The van der Waals surface area contributed by atoms with Gasteiger partial charge in [0.1, 0.15) is 0 Å². The molecule has 1 unspecified atom stereocenters. The van der Waals surface area contributed by atoms with Gasteiger partial charge < -0.3 is 15.2 Å². The summed E-state index contributed by atoms with van der Waals surface area (Å²) in [6.45, 7) is 1.40. The number of imidazole rings is 1. The average molecular weight is 361 g/mol. The highest BCUT2D eigenvalue weighted by Gasteiger charge is 2.28. The second-order valence-corrected chi connectivity index (χ2v) is 8.45. The lowest BCUT2D eigenvalue weighted by Crippen LogP contribution is -2.43. The van der Waals surface area contributed by atoms with Crippen LogP contribution in [-0.2, 0) is 22.9 Å². The maximum absolute atomic E-state index is 11.6. The van der Waals surface area contributed by atoms with E-state index < -0.39 is 9.84 Å². The molecule has 0 aliphatic carbocycles. The second-order valence-electron chi connectivity index (χ2n) is 6.23. The third kappa shape index (κ3) is 5.06. The van der Waals surface area contributed by atoms with Crippen LogP contribution >= 0.6 is 0 Å². The number of sulfone groups is 1. The fraction of sp³-hybridized carbons (Fsp3) is 0.412. The van der Waals surface area contributed by atoms with Gasteiger partial charge in [-0.3, -0.25) is 4.99 Å². The van der Waals surface area contributed by atoms with E-state index in [1.165, 1.54) is 5.56 Å². The van der Waals surface area contributed by atoms with Gasteiger partial charge in [0.05, 0.1) is 17.8 Å². The predicted octanol–water partition coefficient (Wildman–Crippen LogP) is 0.784. The van der Waals surface area contributed by atoms with Gasteiger partial charge in [-0.2, -0.15) is 0 Å². The molecule has 25 heavy (non-hydrogen) atoms. The van der Waals surface area contributed by atoms with Gasteiger partial charge in [0, 0.05) is 38.6 Å². The SMILES string of the molecule is CN=C(NCc1cccc(Cn2ccnc2)c1)NC1CCS(=O)(=O)C1. The van der Waals surface area contributed by atoms with Gasteiger partial charge in [-0.15, -0.1) is 0 Å². The smallest absolute Gasteiger partial charge is 0.191 e. The minimum absolute atomic E-state index is 0.0659. The summed E-state index contributed by atoms with van der Waals surface area (Å²) in [5.74, 6) is 1.05. The maximum atomic E-state index is 11.6. The lowest BCUT2D eigenvalue weighted by atomic mass is 10.1. The fourth-order valence-corrected chi connectivity index (χ4v) is 4.59. The standard InChI is InChI=1S/C17H23N5O2S/c1-18-17(21-16-5-8-25(23,24)12-16)20-10-14-3-2-4-15(9-14)11-22-7-6-19-13-22/h2-4,6-7,9,13,16H,5,8,10-12H2,1H3,(H2,18,20,21). The first kappa shape index (κ1) is 17.5. The van der Waals surface area contributed by atoms with Crippen molar-refractivity contribution in [1.82, 2.24) is 20.2 Å². The summed E-state index contributed by atoms with van der Waals surface area (Å²) in [7, 11) is -1.21. The summed E-state index contributed by atoms with van der Waals surface area (Å²) >= 11 is 0. The van der Waals surface area contributed by atoms with E-state index >= 15 is 0 Å². The second kappa shape index (κ2) is 7.69. The number of hydrogen-bond acceptors (Lipinski definition) is 4. The van der Waals surface area contributed by atoms with Crippen molar-refractivity contribution in [2.24, 2.45) is 4.99 Å². The molecule has 3 rings (SSSR count). The molecule has 1 atom stereocenters. The summed E-state index contributed by atoms with van der Waals surface area (Å²) in [5, 5.41) is 6.44.